The van der Waals surface area contributed by atoms with E-state index in [1.165, 1.54) is 34.1 Å². The summed E-state index contributed by atoms with van der Waals surface area (Å²) in [5, 5.41) is 48.4. The molecule has 106 heavy (non-hydrogen) atoms. The van der Waals surface area contributed by atoms with E-state index in [1.807, 2.05) is 88.4 Å². The average Bonchev–Trinajstić information content (AvgIpc) is 1.59. The highest BCUT2D eigenvalue weighted by atomic mass is 16.3. The van der Waals surface area contributed by atoms with Crippen LogP contribution in [0.4, 0.5) is 0 Å². The number of benzene rings is 4. The van der Waals surface area contributed by atoms with Crippen molar-refractivity contribution in [2.24, 2.45) is 35.1 Å². The van der Waals surface area contributed by atoms with Crippen LogP contribution in [0.25, 0.3) is 0 Å². The van der Waals surface area contributed by atoms with Gasteiger partial charge in [0.1, 0.15) is 71.9 Å². The molecule has 0 radical (unpaired) electrons. The second-order valence-electron chi connectivity index (χ2n) is 29.7. The summed E-state index contributed by atoms with van der Waals surface area (Å²) in [7, 11) is 0. The van der Waals surface area contributed by atoms with Gasteiger partial charge in [0.05, 0.1) is 12.1 Å². The molecule has 12 amide bonds. The fourth-order valence-corrected chi connectivity index (χ4v) is 13.5. The van der Waals surface area contributed by atoms with E-state index in [0.29, 0.717) is 36.8 Å². The molecular formula is C78H110N14O14. The van der Waals surface area contributed by atoms with Crippen molar-refractivity contribution in [2.45, 2.75) is 218 Å². The molecule has 4 aromatic rings. The van der Waals surface area contributed by atoms with E-state index in [9.17, 15) is 67.7 Å². The highest BCUT2D eigenvalue weighted by molar-refractivity contribution is 5.99. The molecule has 7 rings (SSSR count). The van der Waals surface area contributed by atoms with Gasteiger partial charge < -0.3 is 84.6 Å². The Morgan fingerprint density at radius 1 is 0.434 bits per heavy atom. The van der Waals surface area contributed by atoms with Gasteiger partial charge in [-0.15, -0.1) is 0 Å². The zero-order valence-electron chi connectivity index (χ0n) is 62.2. The normalized spacial score (nSPS) is 21.0. The molecule has 0 aliphatic carbocycles. The van der Waals surface area contributed by atoms with Crippen molar-refractivity contribution >= 4 is 70.9 Å². The minimum Gasteiger partial charge on any atom is -0.508 e. The van der Waals surface area contributed by atoms with Crippen molar-refractivity contribution < 1.29 is 67.7 Å². The van der Waals surface area contributed by atoms with Gasteiger partial charge in [-0.1, -0.05) is 140 Å². The molecule has 0 spiro atoms. The van der Waals surface area contributed by atoms with Gasteiger partial charge in [0.25, 0.3) is 0 Å². The number of nitrogens with two attached hydrogens (primary N) is 2. The quantitative estimate of drug-likeness (QED) is 0.0387. The highest BCUT2D eigenvalue weighted by Gasteiger charge is 2.42. The lowest BCUT2D eigenvalue weighted by Crippen LogP contribution is -2.61. The van der Waals surface area contributed by atoms with Crippen LogP contribution in [0.2, 0.25) is 0 Å². The molecule has 28 heteroatoms. The van der Waals surface area contributed by atoms with E-state index in [2.05, 4.69) is 53.2 Å². The summed E-state index contributed by atoms with van der Waals surface area (Å²) in [5.74, 6) is -9.43. The van der Waals surface area contributed by atoms with Crippen molar-refractivity contribution in [3.63, 3.8) is 0 Å². The van der Waals surface area contributed by atoms with Crippen LogP contribution in [0.15, 0.2) is 109 Å². The molecule has 0 saturated carbocycles. The number of rotatable bonds is 28. The minimum absolute atomic E-state index is 0.0350. The first-order chi connectivity index (χ1) is 50.5. The molecule has 3 aliphatic heterocycles. The summed E-state index contributed by atoms with van der Waals surface area (Å²) >= 11 is 0. The number of phenols is 2. The summed E-state index contributed by atoms with van der Waals surface area (Å²) in [4.78, 5) is 176. The Morgan fingerprint density at radius 3 is 1.10 bits per heavy atom. The number of carbonyl (C=O) groups is 12. The smallest absolute Gasteiger partial charge is 0.243 e. The van der Waals surface area contributed by atoms with Crippen LogP contribution < -0.4 is 64.6 Å². The van der Waals surface area contributed by atoms with Crippen LogP contribution in [-0.4, -0.2) is 190 Å². The van der Waals surface area contributed by atoms with Gasteiger partial charge in [-0.3, -0.25) is 57.5 Å². The zero-order valence-corrected chi connectivity index (χ0v) is 62.2. The first-order valence-corrected chi connectivity index (χ1v) is 37.2. The second kappa shape index (κ2) is 40.5. The first-order valence-electron chi connectivity index (χ1n) is 37.2. The standard InChI is InChI=1S/C78H110N14O14/c1-45(2)39-59-67(95)81-35-15-24-58(84-76(104)66(48(7)8)90-72(100)62(44-52-29-33-54(94)34-30-52)88-74(102)64-26-18-38-92(64)78(106)56(80)42-50-21-13-10-14-22-50)70(98)86-60(40-46(3)4)68(96)82-36-16-23-57(69(97)85-59)83-75(103)65(47(5)6)89-71(99)61(43-51-27-31-53(93)32-28-51)87-73(101)63-25-17-37-91(63)77(105)55(79)41-49-19-11-9-12-20-49/h9-14,19-22,27-34,45-48,55-66,93-94H,15-18,23-26,35-44,79-80H2,1-8H3,(H,81,95)(H,82,96)(H,83,103)(H,84,104)(H,85,97)(H,86,98)(H,87,101)(H,88,102)(H,89,99)(H,90,100)/t55-,56-,57+,58+,59+,60+,61-,62-,63+,64+,65+,66+/m1/s1. The molecule has 0 aromatic heterocycles. The molecule has 3 aliphatic rings. The monoisotopic (exact) mass is 1470 g/mol. The summed E-state index contributed by atoms with van der Waals surface area (Å²) in [6.45, 7) is 14.5. The molecule has 4 aromatic carbocycles. The van der Waals surface area contributed by atoms with Crippen molar-refractivity contribution in [1.82, 2.24) is 63.0 Å². The summed E-state index contributed by atoms with van der Waals surface area (Å²) < 4.78 is 0. The van der Waals surface area contributed by atoms with Crippen LogP contribution in [0.5, 0.6) is 11.5 Å². The lowest BCUT2D eigenvalue weighted by atomic mass is 9.99. The lowest BCUT2D eigenvalue weighted by molar-refractivity contribution is -0.140. The third kappa shape index (κ3) is 25.1. The predicted octanol–water partition coefficient (Wildman–Crippen LogP) is 2.09. The van der Waals surface area contributed by atoms with Crippen molar-refractivity contribution in [1.29, 1.82) is 0 Å². The van der Waals surface area contributed by atoms with Crippen molar-refractivity contribution in [3.05, 3.63) is 131 Å². The van der Waals surface area contributed by atoms with Gasteiger partial charge in [0.15, 0.2) is 0 Å². The molecule has 0 bridgehead atoms. The van der Waals surface area contributed by atoms with Crippen LogP contribution in [0.1, 0.15) is 142 Å². The van der Waals surface area contributed by atoms with E-state index in [4.69, 9.17) is 11.5 Å². The Morgan fingerprint density at radius 2 is 0.774 bits per heavy atom. The van der Waals surface area contributed by atoms with Crippen molar-refractivity contribution in [2.75, 3.05) is 26.2 Å². The Balaban J connectivity index is 1.05. The van der Waals surface area contributed by atoms with Gasteiger partial charge in [-0.2, -0.15) is 0 Å². The molecule has 12 atom stereocenters. The van der Waals surface area contributed by atoms with E-state index in [-0.39, 0.29) is 114 Å². The topological polar surface area (TPSA) is 424 Å². The predicted molar refractivity (Wildman–Crippen MR) is 398 cm³/mol. The molecule has 28 nitrogen and oxygen atoms in total. The largest absolute Gasteiger partial charge is 0.508 e. The third-order valence-electron chi connectivity index (χ3n) is 19.3. The highest BCUT2D eigenvalue weighted by Crippen LogP contribution is 2.24. The molecule has 3 fully saturated rings. The summed E-state index contributed by atoms with van der Waals surface area (Å²) in [6, 6.07) is 16.4. The van der Waals surface area contributed by atoms with Gasteiger partial charge >= 0.3 is 0 Å². The van der Waals surface area contributed by atoms with Gasteiger partial charge in [-0.25, -0.2) is 0 Å². The Kier molecular flexibility index (Phi) is 31.8. The Hall–Kier alpha value is -9.96. The Labute approximate surface area is 621 Å². The molecular weight excluding hydrogens is 1360 g/mol. The SMILES string of the molecule is CC(C)C[C@@H]1NC(=O)[C@@H](NC(=O)[C@@H](NC(=O)[C@@H](Cc2ccc(O)cc2)NC(=O)[C@@H]2CCCN2C(=O)[C@H](N)Cc2ccccc2)C(C)C)CCCNC(=O)[C@H](CC(C)C)NC(=O)[C@@H](NC(=O)[C@@H](NC(=O)[C@@H](Cc2ccc(O)cc2)NC(=O)[C@@H]2CCCN2C(=O)[C@H](N)Cc2ccccc2)C(C)C)CCCNC1=O. The number of aromatic hydroxyl groups is 2. The molecule has 16 N–H and O–H groups in total. The van der Waals surface area contributed by atoms with Crippen LogP contribution in [0, 0.1) is 23.7 Å². The van der Waals surface area contributed by atoms with Gasteiger partial charge in [0, 0.05) is 39.0 Å². The van der Waals surface area contributed by atoms with Gasteiger partial charge in [-0.05, 0) is 147 Å². The first kappa shape index (κ1) is 83.3. The molecule has 3 saturated heterocycles. The fraction of sp³-hybridized carbons (Fsp3) is 0.538. The van der Waals surface area contributed by atoms with Crippen LogP contribution in [0.3, 0.4) is 0 Å². The van der Waals surface area contributed by atoms with E-state index in [1.54, 1.807) is 52.0 Å². The lowest BCUT2D eigenvalue weighted by Gasteiger charge is -2.30. The van der Waals surface area contributed by atoms with Crippen molar-refractivity contribution in [3.8, 4) is 11.5 Å². The number of hydrogen-bond acceptors (Lipinski definition) is 16. The summed E-state index contributed by atoms with van der Waals surface area (Å²) in [5.41, 5.74) is 15.6. The summed E-state index contributed by atoms with van der Waals surface area (Å²) in [6.07, 6.45) is 2.11. The number of likely N-dealkylation sites (tertiary alicyclic amines) is 2. The van der Waals surface area contributed by atoms with E-state index in [0.717, 1.165) is 11.1 Å². The molecule has 3 heterocycles. The van der Waals surface area contributed by atoms with E-state index >= 15 is 0 Å². The maximum Gasteiger partial charge on any atom is 0.243 e. The van der Waals surface area contributed by atoms with E-state index < -0.39 is 155 Å². The number of hydrogen-bond donors (Lipinski definition) is 14. The Bertz CT molecular complexity index is 3400. The molecule has 576 valence electrons. The maximum absolute atomic E-state index is 14.7. The van der Waals surface area contributed by atoms with Gasteiger partial charge in [0.2, 0.25) is 70.9 Å². The fourth-order valence-electron chi connectivity index (χ4n) is 13.5. The average molecular weight is 1470 g/mol. The number of nitrogens with one attached hydrogen (secondary N) is 10. The maximum atomic E-state index is 14.7. The number of nitrogens with zero attached hydrogens (tertiary/aromatic N) is 2. The minimum atomic E-state index is -1.34. The second-order valence-corrected chi connectivity index (χ2v) is 29.7. The number of phenolic OH excluding ortho intramolecular Hbond substituents is 2. The van der Waals surface area contributed by atoms with Crippen LogP contribution >= 0.6 is 0 Å². The number of carbonyl (C=O) groups excluding carboxylic acids is 12. The number of amides is 12. The zero-order chi connectivity index (χ0) is 77.3. The van der Waals surface area contributed by atoms with Crippen LogP contribution in [-0.2, 0) is 83.2 Å². The third-order valence-corrected chi connectivity index (χ3v) is 19.3. The molecule has 0 unspecified atom stereocenters.